The van der Waals surface area contributed by atoms with Crippen LogP contribution in [0, 0.1) is 6.92 Å². The van der Waals surface area contributed by atoms with Gasteiger partial charge in [0.2, 0.25) is 5.91 Å². The number of carbonyl (C=O) groups excluding carboxylic acids is 1. The molecule has 1 unspecified atom stereocenters. The Morgan fingerprint density at radius 2 is 2.21 bits per heavy atom. The number of hydrogen-bond donors (Lipinski definition) is 2. The van der Waals surface area contributed by atoms with E-state index >= 15 is 0 Å². The second-order valence-corrected chi connectivity index (χ2v) is 5.66. The van der Waals surface area contributed by atoms with Crippen molar-refractivity contribution in [2.24, 2.45) is 5.73 Å². The summed E-state index contributed by atoms with van der Waals surface area (Å²) in [5.74, 6) is -0.268. The number of likely N-dealkylation sites (N-methyl/N-ethyl adjacent to an activating group) is 1. The van der Waals surface area contributed by atoms with Crippen LogP contribution < -0.4 is 11.1 Å². The molecule has 0 radical (unpaired) electrons. The van der Waals surface area contributed by atoms with Gasteiger partial charge < -0.3 is 10.6 Å². The SMILES string of the molecule is Cc1ccc2c(c1)C(NCCN(C)C)(C(N)=O)CC2. The maximum Gasteiger partial charge on any atom is 0.242 e. The van der Waals surface area contributed by atoms with Gasteiger partial charge in [-0.3, -0.25) is 10.1 Å². The standard InChI is InChI=1S/C15H23N3O/c1-11-4-5-12-6-7-15(14(16)19,13(12)10-11)17-8-9-18(2)3/h4-5,10,17H,6-9H2,1-3H3,(H2,16,19). The molecule has 0 fully saturated rings. The molecule has 1 atom stereocenters. The Hall–Kier alpha value is -1.39. The lowest BCUT2D eigenvalue weighted by molar-refractivity contribution is -0.124. The number of nitrogens with one attached hydrogen (secondary N) is 1. The fourth-order valence-electron chi connectivity index (χ4n) is 2.78. The molecule has 1 amide bonds. The zero-order chi connectivity index (χ0) is 14.0. The van der Waals surface area contributed by atoms with Crippen LogP contribution in [0.2, 0.25) is 0 Å². The Balaban J connectivity index is 2.28. The summed E-state index contributed by atoms with van der Waals surface area (Å²) in [7, 11) is 4.04. The average molecular weight is 261 g/mol. The van der Waals surface area contributed by atoms with Crippen molar-refractivity contribution >= 4 is 5.91 Å². The minimum atomic E-state index is -0.683. The van der Waals surface area contributed by atoms with Crippen LogP contribution >= 0.6 is 0 Å². The van der Waals surface area contributed by atoms with Crippen LogP contribution in [0.15, 0.2) is 18.2 Å². The second-order valence-electron chi connectivity index (χ2n) is 5.66. The molecule has 1 aliphatic rings. The molecule has 0 heterocycles. The van der Waals surface area contributed by atoms with E-state index in [1.165, 1.54) is 11.1 Å². The number of rotatable bonds is 5. The van der Waals surface area contributed by atoms with E-state index < -0.39 is 5.54 Å². The molecule has 0 aliphatic heterocycles. The Morgan fingerprint density at radius 3 is 2.84 bits per heavy atom. The molecule has 1 aromatic carbocycles. The molecule has 4 heteroatoms. The lowest BCUT2D eigenvalue weighted by Gasteiger charge is -2.29. The molecule has 104 valence electrons. The van der Waals surface area contributed by atoms with Gasteiger partial charge in [-0.25, -0.2) is 0 Å². The minimum Gasteiger partial charge on any atom is -0.368 e. The van der Waals surface area contributed by atoms with Crippen LogP contribution in [0.4, 0.5) is 0 Å². The molecule has 19 heavy (non-hydrogen) atoms. The van der Waals surface area contributed by atoms with Crippen molar-refractivity contribution < 1.29 is 4.79 Å². The number of carbonyl (C=O) groups is 1. The first-order valence-corrected chi connectivity index (χ1v) is 6.75. The maximum atomic E-state index is 12.0. The third-order valence-electron chi connectivity index (χ3n) is 3.90. The summed E-state index contributed by atoms with van der Waals surface area (Å²) in [6, 6.07) is 6.30. The molecule has 3 N–H and O–H groups in total. The van der Waals surface area contributed by atoms with E-state index in [1.807, 2.05) is 21.0 Å². The summed E-state index contributed by atoms with van der Waals surface area (Å²) in [5.41, 5.74) is 8.49. The van der Waals surface area contributed by atoms with Gasteiger partial charge >= 0.3 is 0 Å². The van der Waals surface area contributed by atoms with E-state index in [-0.39, 0.29) is 5.91 Å². The van der Waals surface area contributed by atoms with Crippen molar-refractivity contribution in [3.8, 4) is 0 Å². The van der Waals surface area contributed by atoms with Gasteiger partial charge in [-0.1, -0.05) is 23.8 Å². The number of aryl methyl sites for hydroxylation is 2. The first-order valence-electron chi connectivity index (χ1n) is 6.75. The quantitative estimate of drug-likeness (QED) is 0.823. The molecule has 0 saturated heterocycles. The minimum absolute atomic E-state index is 0.268. The number of primary amides is 1. The summed E-state index contributed by atoms with van der Waals surface area (Å²) in [6.45, 7) is 3.68. The van der Waals surface area contributed by atoms with Gasteiger partial charge in [0.15, 0.2) is 0 Å². The third kappa shape index (κ3) is 2.65. The number of fused-ring (bicyclic) bond motifs is 1. The van der Waals surface area contributed by atoms with E-state index in [0.29, 0.717) is 0 Å². The molecule has 0 saturated carbocycles. The van der Waals surface area contributed by atoms with Crippen LogP contribution in [0.3, 0.4) is 0 Å². The van der Waals surface area contributed by atoms with Crippen molar-refractivity contribution in [3.63, 3.8) is 0 Å². The predicted octanol–water partition coefficient (Wildman–Crippen LogP) is 0.773. The first-order chi connectivity index (χ1) is 8.95. The Kier molecular flexibility index (Phi) is 3.92. The number of benzene rings is 1. The van der Waals surface area contributed by atoms with Crippen LogP contribution in [0.5, 0.6) is 0 Å². The van der Waals surface area contributed by atoms with Crippen LogP contribution in [-0.4, -0.2) is 38.0 Å². The highest BCUT2D eigenvalue weighted by molar-refractivity contribution is 5.87. The van der Waals surface area contributed by atoms with Crippen molar-refractivity contribution in [2.75, 3.05) is 27.2 Å². The van der Waals surface area contributed by atoms with Crippen molar-refractivity contribution in [3.05, 3.63) is 34.9 Å². The summed E-state index contributed by atoms with van der Waals surface area (Å²) >= 11 is 0. The molecule has 0 aromatic heterocycles. The molecule has 4 nitrogen and oxygen atoms in total. The van der Waals surface area contributed by atoms with Gasteiger partial charge in [0.1, 0.15) is 5.54 Å². The largest absolute Gasteiger partial charge is 0.368 e. The highest BCUT2D eigenvalue weighted by atomic mass is 16.1. The van der Waals surface area contributed by atoms with E-state index in [1.54, 1.807) is 0 Å². The fraction of sp³-hybridized carbons (Fsp3) is 0.533. The fourth-order valence-corrected chi connectivity index (χ4v) is 2.78. The van der Waals surface area contributed by atoms with Crippen molar-refractivity contribution in [1.82, 2.24) is 10.2 Å². The molecule has 1 aliphatic carbocycles. The van der Waals surface area contributed by atoms with Crippen LogP contribution in [0.1, 0.15) is 23.1 Å². The van der Waals surface area contributed by atoms with Gasteiger partial charge in [0, 0.05) is 13.1 Å². The molecular formula is C15H23N3O. The smallest absolute Gasteiger partial charge is 0.242 e. The second kappa shape index (κ2) is 5.31. The normalized spacial score (nSPS) is 21.7. The summed E-state index contributed by atoms with van der Waals surface area (Å²) in [4.78, 5) is 14.1. The summed E-state index contributed by atoms with van der Waals surface area (Å²) < 4.78 is 0. The van der Waals surface area contributed by atoms with Crippen molar-refractivity contribution in [1.29, 1.82) is 0 Å². The predicted molar refractivity (Wildman–Crippen MR) is 76.9 cm³/mol. The number of amides is 1. The van der Waals surface area contributed by atoms with Crippen LogP contribution in [-0.2, 0) is 16.8 Å². The number of nitrogens with zero attached hydrogens (tertiary/aromatic N) is 1. The van der Waals surface area contributed by atoms with E-state index in [0.717, 1.165) is 31.5 Å². The Morgan fingerprint density at radius 1 is 1.47 bits per heavy atom. The molecule has 0 spiro atoms. The number of nitrogens with two attached hydrogens (primary N) is 1. The topological polar surface area (TPSA) is 58.4 Å². The average Bonchev–Trinajstić information content (AvgIpc) is 2.68. The molecule has 0 bridgehead atoms. The lowest BCUT2D eigenvalue weighted by Crippen LogP contribution is -2.52. The van der Waals surface area contributed by atoms with E-state index in [4.69, 9.17) is 5.73 Å². The lowest BCUT2D eigenvalue weighted by atomic mass is 9.90. The van der Waals surface area contributed by atoms with Gasteiger partial charge in [-0.2, -0.15) is 0 Å². The van der Waals surface area contributed by atoms with Gasteiger partial charge in [-0.15, -0.1) is 0 Å². The highest BCUT2D eigenvalue weighted by Crippen LogP contribution is 2.37. The van der Waals surface area contributed by atoms with Crippen molar-refractivity contribution in [2.45, 2.75) is 25.3 Å². The van der Waals surface area contributed by atoms with E-state index in [2.05, 4.69) is 28.4 Å². The zero-order valence-corrected chi connectivity index (χ0v) is 12.0. The van der Waals surface area contributed by atoms with Gasteiger partial charge in [0.25, 0.3) is 0 Å². The first kappa shape index (κ1) is 14.0. The highest BCUT2D eigenvalue weighted by Gasteiger charge is 2.43. The van der Waals surface area contributed by atoms with Gasteiger partial charge in [0.05, 0.1) is 0 Å². The molecule has 1 aromatic rings. The zero-order valence-electron chi connectivity index (χ0n) is 12.0. The summed E-state index contributed by atoms with van der Waals surface area (Å²) in [5, 5.41) is 3.39. The van der Waals surface area contributed by atoms with E-state index in [9.17, 15) is 4.79 Å². The number of hydrogen-bond acceptors (Lipinski definition) is 3. The molecular weight excluding hydrogens is 238 g/mol. The summed E-state index contributed by atoms with van der Waals surface area (Å²) in [6.07, 6.45) is 1.67. The van der Waals surface area contributed by atoms with Crippen LogP contribution in [0.25, 0.3) is 0 Å². The Labute approximate surface area is 115 Å². The monoisotopic (exact) mass is 261 g/mol. The molecule has 2 rings (SSSR count). The Bertz CT molecular complexity index is 484. The van der Waals surface area contributed by atoms with Gasteiger partial charge in [-0.05, 0) is 45.0 Å². The third-order valence-corrected chi connectivity index (χ3v) is 3.90. The maximum absolute atomic E-state index is 12.0.